The molecule has 1 amide bonds. The number of amides is 1. The lowest BCUT2D eigenvalue weighted by molar-refractivity contribution is -0.130. The molecule has 4 nitrogen and oxygen atoms in total. The van der Waals surface area contributed by atoms with Gasteiger partial charge in [0.05, 0.1) is 6.54 Å². The van der Waals surface area contributed by atoms with Gasteiger partial charge in [0.15, 0.2) is 0 Å². The Hall–Kier alpha value is -0.910. The fourth-order valence-corrected chi connectivity index (χ4v) is 4.10. The van der Waals surface area contributed by atoms with Crippen molar-refractivity contribution in [1.29, 1.82) is 0 Å². The second-order valence-electron chi connectivity index (χ2n) is 5.81. The molecular formula is C15H23N3OS. The van der Waals surface area contributed by atoms with Crippen LogP contribution in [0.4, 0.5) is 0 Å². The zero-order valence-corrected chi connectivity index (χ0v) is 12.9. The monoisotopic (exact) mass is 293 g/mol. The fraction of sp³-hybridized carbons (Fsp3) is 0.667. The highest BCUT2D eigenvalue weighted by molar-refractivity contribution is 7.10. The second kappa shape index (κ2) is 6.24. The van der Waals surface area contributed by atoms with Crippen molar-refractivity contribution in [2.45, 2.75) is 38.4 Å². The molecular weight excluding hydrogens is 270 g/mol. The molecule has 5 heteroatoms. The van der Waals surface area contributed by atoms with E-state index in [-0.39, 0.29) is 18.1 Å². The van der Waals surface area contributed by atoms with E-state index in [2.05, 4.69) is 34.7 Å². The zero-order valence-electron chi connectivity index (χ0n) is 12.0. The number of nitrogens with one attached hydrogen (secondary N) is 1. The third-order valence-electron chi connectivity index (χ3n) is 4.27. The number of carbonyl (C=O) groups is 1. The highest BCUT2D eigenvalue weighted by Gasteiger charge is 2.36. The van der Waals surface area contributed by atoms with Crippen molar-refractivity contribution in [1.82, 2.24) is 15.1 Å². The van der Waals surface area contributed by atoms with Crippen molar-refractivity contribution >= 4 is 17.2 Å². The van der Waals surface area contributed by atoms with Crippen LogP contribution in [0.2, 0.25) is 0 Å². The molecule has 1 aromatic rings. The lowest BCUT2D eigenvalue weighted by Crippen LogP contribution is -2.46. The standard InChI is InChI=1S/C15H23N3OS/c1-12(11-17-7-3-2-4-8-17)18-14(19)10-16-15(18)13-6-5-9-20-13/h5-6,9,12,15-16H,2-4,7-8,10-11H2,1H3. The first-order chi connectivity index (χ1) is 9.75. The summed E-state index contributed by atoms with van der Waals surface area (Å²) in [5.74, 6) is 0.230. The van der Waals surface area contributed by atoms with Crippen LogP contribution in [0.1, 0.15) is 37.2 Å². The summed E-state index contributed by atoms with van der Waals surface area (Å²) in [6.45, 7) is 6.01. The minimum Gasteiger partial charge on any atom is -0.317 e. The van der Waals surface area contributed by atoms with Gasteiger partial charge in [-0.3, -0.25) is 10.1 Å². The van der Waals surface area contributed by atoms with Crippen LogP contribution in [0.25, 0.3) is 0 Å². The first-order valence-corrected chi connectivity index (χ1v) is 8.44. The van der Waals surface area contributed by atoms with Gasteiger partial charge in [-0.2, -0.15) is 0 Å². The number of likely N-dealkylation sites (tertiary alicyclic amines) is 1. The predicted octanol–water partition coefficient (Wildman–Crippen LogP) is 2.05. The van der Waals surface area contributed by atoms with Gasteiger partial charge >= 0.3 is 0 Å². The van der Waals surface area contributed by atoms with Gasteiger partial charge < -0.3 is 9.80 Å². The van der Waals surface area contributed by atoms with Crippen LogP contribution < -0.4 is 5.32 Å². The Labute approximate surface area is 124 Å². The maximum absolute atomic E-state index is 12.2. The van der Waals surface area contributed by atoms with Crippen molar-refractivity contribution < 1.29 is 4.79 Å². The first kappa shape index (κ1) is 14.0. The van der Waals surface area contributed by atoms with Gasteiger partial charge in [0, 0.05) is 17.5 Å². The molecule has 2 saturated heterocycles. The molecule has 1 aromatic heterocycles. The fourth-order valence-electron chi connectivity index (χ4n) is 3.31. The Morgan fingerprint density at radius 3 is 2.90 bits per heavy atom. The van der Waals surface area contributed by atoms with Crippen LogP contribution in [0, 0.1) is 0 Å². The van der Waals surface area contributed by atoms with Crippen LogP contribution >= 0.6 is 11.3 Å². The van der Waals surface area contributed by atoms with E-state index >= 15 is 0 Å². The van der Waals surface area contributed by atoms with Gasteiger partial charge in [0.25, 0.3) is 0 Å². The van der Waals surface area contributed by atoms with Crippen molar-refractivity contribution in [2.24, 2.45) is 0 Å². The predicted molar refractivity (Wildman–Crippen MR) is 81.7 cm³/mol. The number of rotatable bonds is 4. The Bertz CT molecular complexity index is 442. The third kappa shape index (κ3) is 2.90. The van der Waals surface area contributed by atoms with Crippen LogP contribution in [-0.4, -0.2) is 47.9 Å². The minimum atomic E-state index is 0.0716. The smallest absolute Gasteiger partial charge is 0.238 e. The van der Waals surface area contributed by atoms with Crippen LogP contribution in [0.3, 0.4) is 0 Å². The summed E-state index contributed by atoms with van der Waals surface area (Å²) in [4.78, 5) is 18.0. The molecule has 0 saturated carbocycles. The normalized spacial score (nSPS) is 26.1. The molecule has 0 radical (unpaired) electrons. The molecule has 3 rings (SSSR count). The van der Waals surface area contributed by atoms with E-state index in [0.29, 0.717) is 6.54 Å². The summed E-state index contributed by atoms with van der Waals surface area (Å²) in [7, 11) is 0. The van der Waals surface area contributed by atoms with Crippen molar-refractivity contribution in [2.75, 3.05) is 26.2 Å². The van der Waals surface area contributed by atoms with E-state index in [0.717, 1.165) is 6.54 Å². The van der Waals surface area contributed by atoms with Gasteiger partial charge in [-0.25, -0.2) is 0 Å². The largest absolute Gasteiger partial charge is 0.317 e. The molecule has 2 aliphatic rings. The summed E-state index contributed by atoms with van der Waals surface area (Å²) in [5.41, 5.74) is 0. The number of hydrogen-bond acceptors (Lipinski definition) is 4. The molecule has 0 aliphatic carbocycles. The summed E-state index contributed by atoms with van der Waals surface area (Å²) in [5, 5.41) is 5.42. The highest BCUT2D eigenvalue weighted by atomic mass is 32.1. The number of hydrogen-bond donors (Lipinski definition) is 1. The maximum atomic E-state index is 12.2. The molecule has 0 spiro atoms. The van der Waals surface area contributed by atoms with Crippen LogP contribution in [-0.2, 0) is 4.79 Å². The molecule has 3 heterocycles. The van der Waals surface area contributed by atoms with E-state index < -0.39 is 0 Å². The topological polar surface area (TPSA) is 35.6 Å². The SMILES string of the molecule is CC(CN1CCCCC1)N1C(=O)CNC1c1cccs1. The summed E-state index contributed by atoms with van der Waals surface area (Å²) < 4.78 is 0. The highest BCUT2D eigenvalue weighted by Crippen LogP contribution is 2.28. The summed E-state index contributed by atoms with van der Waals surface area (Å²) in [6, 6.07) is 4.43. The lowest BCUT2D eigenvalue weighted by atomic mass is 10.1. The Morgan fingerprint density at radius 1 is 1.40 bits per heavy atom. The molecule has 20 heavy (non-hydrogen) atoms. The van der Waals surface area contributed by atoms with E-state index in [1.807, 2.05) is 4.90 Å². The quantitative estimate of drug-likeness (QED) is 0.923. The van der Waals surface area contributed by atoms with Crippen LogP contribution in [0.15, 0.2) is 17.5 Å². The van der Waals surface area contributed by atoms with Crippen molar-refractivity contribution in [3.63, 3.8) is 0 Å². The van der Waals surface area contributed by atoms with Gasteiger partial charge in [-0.15, -0.1) is 11.3 Å². The van der Waals surface area contributed by atoms with Crippen molar-refractivity contribution in [3.05, 3.63) is 22.4 Å². The van der Waals surface area contributed by atoms with Crippen LogP contribution in [0.5, 0.6) is 0 Å². The molecule has 2 fully saturated rings. The molecule has 1 N–H and O–H groups in total. The molecule has 2 unspecified atom stereocenters. The van der Waals surface area contributed by atoms with E-state index in [1.54, 1.807) is 11.3 Å². The molecule has 0 aromatic carbocycles. The minimum absolute atomic E-state index is 0.0716. The van der Waals surface area contributed by atoms with E-state index in [9.17, 15) is 4.79 Å². The van der Waals surface area contributed by atoms with Gasteiger partial charge in [-0.05, 0) is 44.3 Å². The number of carbonyl (C=O) groups excluding carboxylic acids is 1. The first-order valence-electron chi connectivity index (χ1n) is 7.56. The van der Waals surface area contributed by atoms with Crippen molar-refractivity contribution in [3.8, 4) is 0 Å². The zero-order chi connectivity index (χ0) is 13.9. The maximum Gasteiger partial charge on any atom is 0.238 e. The average Bonchev–Trinajstić information content (AvgIpc) is 3.08. The molecule has 110 valence electrons. The molecule has 0 bridgehead atoms. The average molecular weight is 293 g/mol. The van der Waals surface area contributed by atoms with Gasteiger partial charge in [-0.1, -0.05) is 12.5 Å². The Morgan fingerprint density at radius 2 is 2.20 bits per heavy atom. The van der Waals surface area contributed by atoms with Gasteiger partial charge in [0.2, 0.25) is 5.91 Å². The Balaban J connectivity index is 1.67. The number of thiophene rings is 1. The molecule has 2 aliphatic heterocycles. The second-order valence-corrected chi connectivity index (χ2v) is 6.79. The lowest BCUT2D eigenvalue weighted by Gasteiger charge is -2.35. The summed E-state index contributed by atoms with van der Waals surface area (Å²) >= 11 is 1.72. The number of piperidine rings is 1. The van der Waals surface area contributed by atoms with E-state index in [1.165, 1.54) is 37.2 Å². The van der Waals surface area contributed by atoms with E-state index in [4.69, 9.17) is 0 Å². The Kier molecular flexibility index (Phi) is 4.38. The molecule has 2 atom stereocenters. The van der Waals surface area contributed by atoms with Gasteiger partial charge in [0.1, 0.15) is 6.17 Å². The number of nitrogens with zero attached hydrogens (tertiary/aromatic N) is 2. The summed E-state index contributed by atoms with van der Waals surface area (Å²) in [6.07, 6.45) is 4.02. The third-order valence-corrected chi connectivity index (χ3v) is 5.20.